The fourth-order valence-electron chi connectivity index (χ4n) is 4.45. The molecule has 0 saturated carbocycles. The maximum Gasteiger partial charge on any atom is 0.179 e. The number of Topliss-reactive ketones (excluding diaryl/α,β-unsaturated/α-hetero) is 2. The van der Waals surface area contributed by atoms with Crippen molar-refractivity contribution in [3.05, 3.63) is 58.1 Å². The third-order valence-corrected chi connectivity index (χ3v) is 6.24. The van der Waals surface area contributed by atoms with Crippen LogP contribution >= 0.6 is 11.6 Å². The maximum absolute atomic E-state index is 13.1. The van der Waals surface area contributed by atoms with Crippen LogP contribution in [0, 0.1) is 6.92 Å². The van der Waals surface area contributed by atoms with Crippen LogP contribution in [-0.2, 0) is 20.7 Å². The van der Waals surface area contributed by atoms with Gasteiger partial charge in [0.15, 0.2) is 11.6 Å². The van der Waals surface area contributed by atoms with Gasteiger partial charge in [-0.15, -0.1) is 0 Å². The van der Waals surface area contributed by atoms with Crippen LogP contribution in [0.2, 0.25) is 5.02 Å². The summed E-state index contributed by atoms with van der Waals surface area (Å²) in [6.07, 6.45) is 1.58. The molecule has 2 aromatic carbocycles. The van der Waals surface area contributed by atoms with Gasteiger partial charge in [0.1, 0.15) is 17.6 Å². The number of benzene rings is 2. The smallest absolute Gasteiger partial charge is 0.179 e. The predicted molar refractivity (Wildman–Crippen MR) is 106 cm³/mol. The van der Waals surface area contributed by atoms with Crippen molar-refractivity contribution in [1.82, 2.24) is 0 Å². The average molecular weight is 383 g/mol. The average Bonchev–Trinajstić information content (AvgIpc) is 3.02. The molecule has 2 aliphatic rings. The number of fused-ring (bicyclic) bond motifs is 2. The molecule has 0 radical (unpaired) electrons. The van der Waals surface area contributed by atoms with Gasteiger partial charge in [0, 0.05) is 5.02 Å². The summed E-state index contributed by atoms with van der Waals surface area (Å²) in [4.78, 5) is 26.0. The Morgan fingerprint density at radius 1 is 1.19 bits per heavy atom. The topological polar surface area (TPSA) is 43.4 Å². The molecule has 2 saturated heterocycles. The number of rotatable bonds is 3. The molecule has 0 N–H and O–H groups in total. The van der Waals surface area contributed by atoms with Gasteiger partial charge in [-0.25, -0.2) is 0 Å². The second-order valence-corrected chi connectivity index (χ2v) is 8.24. The van der Waals surface area contributed by atoms with Crippen molar-refractivity contribution in [1.29, 1.82) is 0 Å². The van der Waals surface area contributed by atoms with Crippen LogP contribution in [-0.4, -0.2) is 23.3 Å². The van der Waals surface area contributed by atoms with Crippen molar-refractivity contribution >= 4 is 23.2 Å². The first-order valence-electron chi connectivity index (χ1n) is 9.49. The number of carbonyl (C=O) groups excluding carboxylic acids is 2. The highest BCUT2D eigenvalue weighted by Gasteiger charge is 2.55. The number of carbonyl (C=O) groups is 2. The van der Waals surface area contributed by atoms with Crippen molar-refractivity contribution in [2.45, 2.75) is 57.7 Å². The van der Waals surface area contributed by atoms with Crippen LogP contribution in [0.15, 0.2) is 36.4 Å². The van der Waals surface area contributed by atoms with Gasteiger partial charge in [0.25, 0.3) is 0 Å². The zero-order valence-corrected chi connectivity index (χ0v) is 16.6. The summed E-state index contributed by atoms with van der Waals surface area (Å²) in [6.45, 7) is 5.92. The van der Waals surface area contributed by atoms with Gasteiger partial charge < -0.3 is 4.74 Å². The lowest BCUT2D eigenvalue weighted by atomic mass is 9.78. The standard InChI is InChI=1S/C23H23ClO3/c1-4-14-12-15(17-8-6-16(24)11-13(17)2)5-7-18(14)20-21(25)19-9-10-23(3,27-19)22(20)26/h5-8,11-12,19-20H,4,9-10H2,1-3H3/t19-,20?,23+/m0/s1. The fourth-order valence-corrected chi connectivity index (χ4v) is 4.67. The molecule has 27 heavy (non-hydrogen) atoms. The van der Waals surface area contributed by atoms with E-state index in [2.05, 4.69) is 13.0 Å². The molecule has 140 valence electrons. The molecule has 2 aromatic rings. The van der Waals surface area contributed by atoms with Crippen LogP contribution in [0.5, 0.6) is 0 Å². The minimum Gasteiger partial charge on any atom is -0.356 e. The van der Waals surface area contributed by atoms with Gasteiger partial charge in [-0.3, -0.25) is 9.59 Å². The summed E-state index contributed by atoms with van der Waals surface area (Å²) in [7, 11) is 0. The van der Waals surface area contributed by atoms with Gasteiger partial charge in [0.05, 0.1) is 0 Å². The van der Waals surface area contributed by atoms with Crippen LogP contribution < -0.4 is 0 Å². The lowest BCUT2D eigenvalue weighted by molar-refractivity contribution is -0.160. The molecule has 3 atom stereocenters. The summed E-state index contributed by atoms with van der Waals surface area (Å²) < 4.78 is 5.74. The number of aryl methyl sites for hydroxylation is 2. The Bertz CT molecular complexity index is 949. The molecule has 0 amide bonds. The van der Waals surface area contributed by atoms with Crippen molar-refractivity contribution < 1.29 is 14.3 Å². The minimum absolute atomic E-state index is 0.0832. The molecule has 2 fully saturated rings. The van der Waals surface area contributed by atoms with E-state index in [0.29, 0.717) is 17.9 Å². The second kappa shape index (κ2) is 6.57. The van der Waals surface area contributed by atoms with E-state index in [9.17, 15) is 9.59 Å². The van der Waals surface area contributed by atoms with Crippen LogP contribution in [0.3, 0.4) is 0 Å². The first-order chi connectivity index (χ1) is 12.8. The number of halogens is 1. The second-order valence-electron chi connectivity index (χ2n) is 7.80. The Kier molecular flexibility index (Phi) is 4.48. The molecule has 2 aliphatic heterocycles. The molecular formula is C23H23ClO3. The molecule has 0 spiro atoms. The molecule has 1 unspecified atom stereocenters. The quantitative estimate of drug-likeness (QED) is 0.697. The molecule has 3 nitrogen and oxygen atoms in total. The summed E-state index contributed by atoms with van der Waals surface area (Å²) in [5, 5.41) is 0.714. The number of hydrogen-bond donors (Lipinski definition) is 0. The normalized spacial score (nSPS) is 27.3. The van der Waals surface area contributed by atoms with E-state index >= 15 is 0 Å². The van der Waals surface area contributed by atoms with Gasteiger partial charge >= 0.3 is 0 Å². The lowest BCUT2D eigenvalue weighted by Crippen LogP contribution is -2.49. The highest BCUT2D eigenvalue weighted by atomic mass is 35.5. The minimum atomic E-state index is -0.820. The first-order valence-corrected chi connectivity index (χ1v) is 9.87. The molecule has 2 heterocycles. The SMILES string of the molecule is CCc1cc(-c2ccc(Cl)cc2C)ccc1C1C(=O)[C@@H]2CC[C@@](C)(O2)C1=O. The predicted octanol–water partition coefficient (Wildman–Crippen LogP) is 5.05. The van der Waals surface area contributed by atoms with Crippen LogP contribution in [0.1, 0.15) is 49.3 Å². The van der Waals surface area contributed by atoms with Crippen molar-refractivity contribution in [2.24, 2.45) is 0 Å². The number of hydrogen-bond acceptors (Lipinski definition) is 3. The molecule has 4 rings (SSSR count). The zero-order valence-electron chi connectivity index (χ0n) is 15.8. The highest BCUT2D eigenvalue weighted by Crippen LogP contribution is 2.44. The largest absolute Gasteiger partial charge is 0.356 e. The van der Waals surface area contributed by atoms with E-state index in [1.165, 1.54) is 0 Å². The van der Waals surface area contributed by atoms with E-state index in [1.54, 1.807) is 0 Å². The summed E-state index contributed by atoms with van der Waals surface area (Å²) in [5.74, 6) is -0.877. The Labute approximate surface area is 164 Å². The third kappa shape index (κ3) is 2.94. The van der Waals surface area contributed by atoms with Crippen LogP contribution in [0.25, 0.3) is 11.1 Å². The van der Waals surface area contributed by atoms with Gasteiger partial charge in [-0.2, -0.15) is 0 Å². The number of ketones is 2. The van der Waals surface area contributed by atoms with Crippen molar-refractivity contribution in [2.75, 3.05) is 0 Å². The van der Waals surface area contributed by atoms with Crippen molar-refractivity contribution in [3.63, 3.8) is 0 Å². The van der Waals surface area contributed by atoms with E-state index in [1.807, 2.05) is 44.2 Å². The highest BCUT2D eigenvalue weighted by molar-refractivity contribution is 6.30. The monoisotopic (exact) mass is 382 g/mol. The third-order valence-electron chi connectivity index (χ3n) is 6.01. The van der Waals surface area contributed by atoms with Gasteiger partial charge in [-0.1, -0.05) is 42.8 Å². The Morgan fingerprint density at radius 2 is 1.96 bits per heavy atom. The molecule has 0 aliphatic carbocycles. The molecule has 2 bridgehead atoms. The zero-order chi connectivity index (χ0) is 19.3. The molecule has 4 heteroatoms. The first kappa shape index (κ1) is 18.4. The van der Waals surface area contributed by atoms with Gasteiger partial charge in [-0.05, 0) is 73.1 Å². The van der Waals surface area contributed by atoms with E-state index in [4.69, 9.17) is 16.3 Å². The number of ether oxygens (including phenoxy) is 1. The Morgan fingerprint density at radius 3 is 2.67 bits per heavy atom. The maximum atomic E-state index is 13.1. The molecule has 0 aromatic heterocycles. The van der Waals surface area contributed by atoms with Crippen LogP contribution in [0.4, 0.5) is 0 Å². The Hall–Kier alpha value is -1.97. The van der Waals surface area contributed by atoms with Crippen molar-refractivity contribution in [3.8, 4) is 11.1 Å². The fraction of sp³-hybridized carbons (Fsp3) is 0.391. The molecular weight excluding hydrogens is 360 g/mol. The van der Waals surface area contributed by atoms with Gasteiger partial charge in [0.2, 0.25) is 0 Å². The summed E-state index contributed by atoms with van der Waals surface area (Å²) >= 11 is 6.08. The lowest BCUT2D eigenvalue weighted by Gasteiger charge is -2.34. The van der Waals surface area contributed by atoms with E-state index in [0.717, 1.165) is 34.2 Å². The van der Waals surface area contributed by atoms with E-state index < -0.39 is 17.6 Å². The van der Waals surface area contributed by atoms with E-state index in [-0.39, 0.29) is 11.6 Å². The summed E-state index contributed by atoms with van der Waals surface area (Å²) in [6, 6.07) is 11.9. The summed E-state index contributed by atoms with van der Waals surface area (Å²) in [5.41, 5.74) is 4.34. The Balaban J connectivity index is 1.78.